The van der Waals surface area contributed by atoms with Gasteiger partial charge in [0.25, 0.3) is 0 Å². The van der Waals surface area contributed by atoms with Gasteiger partial charge in [-0.2, -0.15) is 0 Å². The van der Waals surface area contributed by atoms with E-state index in [1.165, 1.54) is 12.1 Å². The lowest BCUT2D eigenvalue weighted by atomic mass is 10.2. The van der Waals surface area contributed by atoms with Crippen molar-refractivity contribution in [2.75, 3.05) is 0 Å². The van der Waals surface area contributed by atoms with Crippen LogP contribution in [-0.4, -0.2) is 9.55 Å². The summed E-state index contributed by atoms with van der Waals surface area (Å²) >= 11 is 15.3. The molecule has 2 nitrogen and oxygen atoms in total. The van der Waals surface area contributed by atoms with Gasteiger partial charge in [0, 0.05) is 9.50 Å². The Morgan fingerprint density at radius 2 is 2.00 bits per heavy atom. The Morgan fingerprint density at radius 1 is 1.20 bits per heavy atom. The van der Waals surface area contributed by atoms with Gasteiger partial charge >= 0.3 is 0 Å². The van der Waals surface area contributed by atoms with Gasteiger partial charge in [-0.25, -0.2) is 9.37 Å². The van der Waals surface area contributed by atoms with Gasteiger partial charge in [0.1, 0.15) is 11.6 Å². The van der Waals surface area contributed by atoms with Crippen molar-refractivity contribution in [3.8, 4) is 5.69 Å². The van der Waals surface area contributed by atoms with Gasteiger partial charge in [-0.05, 0) is 36.4 Å². The van der Waals surface area contributed by atoms with E-state index in [4.69, 9.17) is 23.2 Å². The van der Waals surface area contributed by atoms with E-state index in [-0.39, 0.29) is 11.7 Å². The molecule has 0 spiro atoms. The van der Waals surface area contributed by atoms with Crippen molar-refractivity contribution in [1.82, 2.24) is 9.55 Å². The maximum atomic E-state index is 14.1. The molecule has 0 aliphatic rings. The molecule has 0 fully saturated rings. The zero-order chi connectivity index (χ0) is 14.3. The minimum atomic E-state index is -0.372. The van der Waals surface area contributed by atoms with Crippen LogP contribution in [0.4, 0.5) is 4.39 Å². The van der Waals surface area contributed by atoms with Crippen molar-refractivity contribution in [3.05, 3.63) is 57.5 Å². The molecular formula is C14H8BrCl2FN2. The Kier molecular flexibility index (Phi) is 3.71. The number of rotatable bonds is 2. The molecule has 0 aliphatic heterocycles. The minimum absolute atomic E-state index is 0.179. The van der Waals surface area contributed by atoms with Gasteiger partial charge in [0.2, 0.25) is 0 Å². The molecule has 0 N–H and O–H groups in total. The van der Waals surface area contributed by atoms with Crippen molar-refractivity contribution in [2.24, 2.45) is 0 Å². The number of hydrogen-bond acceptors (Lipinski definition) is 1. The normalized spacial score (nSPS) is 11.2. The smallest absolute Gasteiger partial charge is 0.147 e. The number of fused-ring (bicyclic) bond motifs is 1. The van der Waals surface area contributed by atoms with Gasteiger partial charge in [0.05, 0.1) is 22.6 Å². The van der Waals surface area contributed by atoms with Crippen LogP contribution in [0.2, 0.25) is 5.02 Å². The third-order valence-corrected chi connectivity index (χ3v) is 3.92. The molecule has 102 valence electrons. The molecule has 0 aliphatic carbocycles. The molecule has 0 saturated carbocycles. The standard InChI is InChI=1S/C14H8BrCl2FN2/c15-8-1-4-12-11(5-8)19-14(7-16)20(12)13-6-9(17)2-3-10(13)18/h1-6H,7H2. The topological polar surface area (TPSA) is 17.8 Å². The lowest BCUT2D eigenvalue weighted by Crippen LogP contribution is -2.02. The van der Waals surface area contributed by atoms with Crippen LogP contribution in [0.1, 0.15) is 5.82 Å². The quantitative estimate of drug-likeness (QED) is 0.556. The Hall–Kier alpha value is -1.10. The molecule has 3 aromatic rings. The maximum absolute atomic E-state index is 14.1. The van der Waals surface area contributed by atoms with Gasteiger partial charge in [-0.1, -0.05) is 27.5 Å². The van der Waals surface area contributed by atoms with Crippen LogP contribution in [0.3, 0.4) is 0 Å². The van der Waals surface area contributed by atoms with Gasteiger partial charge in [0.15, 0.2) is 0 Å². The molecule has 1 aromatic heterocycles. The van der Waals surface area contributed by atoms with E-state index in [2.05, 4.69) is 20.9 Å². The molecule has 0 unspecified atom stereocenters. The highest BCUT2D eigenvalue weighted by Crippen LogP contribution is 2.28. The second kappa shape index (κ2) is 5.35. The van der Waals surface area contributed by atoms with Crippen LogP contribution < -0.4 is 0 Å². The number of benzene rings is 2. The zero-order valence-electron chi connectivity index (χ0n) is 10.1. The minimum Gasteiger partial charge on any atom is -0.292 e. The van der Waals surface area contributed by atoms with Gasteiger partial charge < -0.3 is 0 Å². The number of halogens is 4. The molecule has 0 atom stereocenters. The average Bonchev–Trinajstić information content (AvgIpc) is 2.78. The molecular weight excluding hydrogens is 366 g/mol. The first-order valence-electron chi connectivity index (χ1n) is 5.78. The summed E-state index contributed by atoms with van der Waals surface area (Å²) in [5.41, 5.74) is 1.87. The van der Waals surface area contributed by atoms with E-state index in [9.17, 15) is 4.39 Å². The van der Waals surface area contributed by atoms with E-state index in [1.54, 1.807) is 10.6 Å². The Balaban J connectivity index is 2.37. The van der Waals surface area contributed by atoms with Crippen LogP contribution in [-0.2, 0) is 5.88 Å². The Labute approximate surface area is 133 Å². The van der Waals surface area contributed by atoms with Crippen molar-refractivity contribution in [1.29, 1.82) is 0 Å². The second-order valence-corrected chi connectivity index (χ2v) is 5.85. The summed E-state index contributed by atoms with van der Waals surface area (Å²) < 4.78 is 16.7. The average molecular weight is 374 g/mol. The molecule has 2 aromatic carbocycles. The molecule has 0 radical (unpaired) electrons. The first-order valence-corrected chi connectivity index (χ1v) is 7.49. The third kappa shape index (κ3) is 2.32. The van der Waals surface area contributed by atoms with Crippen LogP contribution in [0, 0.1) is 5.82 Å². The van der Waals surface area contributed by atoms with Crippen molar-refractivity contribution >= 4 is 50.2 Å². The van der Waals surface area contributed by atoms with Crippen LogP contribution >= 0.6 is 39.1 Å². The predicted molar refractivity (Wildman–Crippen MR) is 83.3 cm³/mol. The molecule has 3 rings (SSSR count). The summed E-state index contributed by atoms with van der Waals surface area (Å²) in [7, 11) is 0. The number of aromatic nitrogens is 2. The number of alkyl halides is 1. The maximum Gasteiger partial charge on any atom is 0.147 e. The molecule has 0 bridgehead atoms. The number of nitrogens with zero attached hydrogens (tertiary/aromatic N) is 2. The summed E-state index contributed by atoms with van der Waals surface area (Å²) in [5.74, 6) is 0.377. The Morgan fingerprint density at radius 3 is 2.75 bits per heavy atom. The highest BCUT2D eigenvalue weighted by Gasteiger charge is 2.15. The van der Waals surface area contributed by atoms with E-state index in [1.807, 2.05) is 18.2 Å². The largest absolute Gasteiger partial charge is 0.292 e. The van der Waals surface area contributed by atoms with Crippen LogP contribution in [0.25, 0.3) is 16.7 Å². The molecule has 0 saturated heterocycles. The van der Waals surface area contributed by atoms with Gasteiger partial charge in [-0.3, -0.25) is 4.57 Å². The first kappa shape index (κ1) is 13.9. The highest BCUT2D eigenvalue weighted by molar-refractivity contribution is 9.10. The highest BCUT2D eigenvalue weighted by atomic mass is 79.9. The summed E-state index contributed by atoms with van der Waals surface area (Å²) in [6.45, 7) is 0. The fourth-order valence-corrected chi connectivity index (χ4v) is 2.81. The first-order chi connectivity index (χ1) is 9.60. The van der Waals surface area contributed by atoms with Crippen molar-refractivity contribution in [3.63, 3.8) is 0 Å². The van der Waals surface area contributed by atoms with E-state index < -0.39 is 0 Å². The molecule has 0 amide bonds. The fourth-order valence-electron chi connectivity index (χ4n) is 2.12. The van der Waals surface area contributed by atoms with Crippen molar-refractivity contribution < 1.29 is 4.39 Å². The SMILES string of the molecule is Fc1ccc(Cl)cc1-n1c(CCl)nc2cc(Br)ccc21. The lowest BCUT2D eigenvalue weighted by molar-refractivity contribution is 0.618. The van der Waals surface area contributed by atoms with Crippen molar-refractivity contribution in [2.45, 2.75) is 5.88 Å². The third-order valence-electron chi connectivity index (χ3n) is 2.95. The van der Waals surface area contributed by atoms with Crippen LogP contribution in [0.15, 0.2) is 40.9 Å². The summed E-state index contributed by atoms with van der Waals surface area (Å²) in [6.07, 6.45) is 0. The zero-order valence-corrected chi connectivity index (χ0v) is 13.2. The molecule has 20 heavy (non-hydrogen) atoms. The fraction of sp³-hybridized carbons (Fsp3) is 0.0714. The van der Waals surface area contributed by atoms with E-state index in [0.717, 1.165) is 15.5 Å². The predicted octanol–water partition coefficient (Wildman–Crippen LogP) is 5.32. The summed E-state index contributed by atoms with van der Waals surface area (Å²) in [6, 6.07) is 10.0. The summed E-state index contributed by atoms with van der Waals surface area (Å²) in [4.78, 5) is 4.43. The van der Waals surface area contributed by atoms with E-state index in [0.29, 0.717) is 16.5 Å². The van der Waals surface area contributed by atoms with E-state index >= 15 is 0 Å². The number of hydrogen-bond donors (Lipinski definition) is 0. The van der Waals surface area contributed by atoms with Gasteiger partial charge in [-0.15, -0.1) is 11.6 Å². The molecule has 1 heterocycles. The molecule has 6 heteroatoms. The van der Waals surface area contributed by atoms with Crippen LogP contribution in [0.5, 0.6) is 0 Å². The monoisotopic (exact) mass is 372 g/mol. The summed E-state index contributed by atoms with van der Waals surface area (Å²) in [5, 5.41) is 0.459. The second-order valence-electron chi connectivity index (χ2n) is 4.23. The Bertz CT molecular complexity index is 801. The lowest BCUT2D eigenvalue weighted by Gasteiger charge is -2.09. The number of imidazole rings is 1.